The van der Waals surface area contributed by atoms with E-state index in [1.54, 1.807) is 0 Å². The van der Waals surface area contributed by atoms with Crippen LogP contribution in [0.5, 0.6) is 0 Å². The van der Waals surface area contributed by atoms with E-state index in [1.807, 2.05) is 12.3 Å². The van der Waals surface area contributed by atoms with Gasteiger partial charge in [0, 0.05) is 18.1 Å². The van der Waals surface area contributed by atoms with Gasteiger partial charge in [0.1, 0.15) is 0 Å². The van der Waals surface area contributed by atoms with Crippen LogP contribution in [0.4, 0.5) is 0 Å². The average Bonchev–Trinajstić information content (AvgIpc) is 2.48. The predicted octanol–water partition coefficient (Wildman–Crippen LogP) is 3.47. The highest BCUT2D eigenvalue weighted by molar-refractivity contribution is 7.99. The first kappa shape index (κ1) is 12.9. The first-order valence-corrected chi connectivity index (χ1v) is 8.19. The Morgan fingerprint density at radius 3 is 3.00 bits per heavy atom. The maximum Gasteiger partial charge on any atom is 0.0702 e. The third-order valence-corrected chi connectivity index (χ3v) is 4.82. The number of nitrogens with one attached hydrogen (secondary N) is 1. The molecule has 2 aromatic rings. The van der Waals surface area contributed by atoms with Crippen LogP contribution in [-0.4, -0.2) is 23.0 Å². The molecule has 1 aliphatic rings. The van der Waals surface area contributed by atoms with E-state index in [0.717, 1.165) is 24.5 Å². The highest BCUT2D eigenvalue weighted by Crippen LogP contribution is 2.22. The van der Waals surface area contributed by atoms with Gasteiger partial charge in [0.05, 0.1) is 5.52 Å². The number of benzene rings is 1. The van der Waals surface area contributed by atoms with Crippen LogP contribution in [0.25, 0.3) is 10.9 Å². The van der Waals surface area contributed by atoms with Crippen LogP contribution in [0.15, 0.2) is 36.5 Å². The van der Waals surface area contributed by atoms with E-state index in [4.69, 9.17) is 0 Å². The molecule has 1 saturated heterocycles. The Balaban J connectivity index is 1.56. The van der Waals surface area contributed by atoms with Crippen molar-refractivity contribution in [3.05, 3.63) is 42.1 Å². The largest absolute Gasteiger partial charge is 0.312 e. The fraction of sp³-hybridized carbons (Fsp3) is 0.438. The molecule has 0 spiro atoms. The van der Waals surface area contributed by atoms with E-state index in [-0.39, 0.29) is 0 Å². The molecule has 0 saturated carbocycles. The summed E-state index contributed by atoms with van der Waals surface area (Å²) in [6.07, 6.45) is 4.60. The van der Waals surface area contributed by atoms with Crippen LogP contribution in [0.3, 0.4) is 0 Å². The zero-order chi connectivity index (χ0) is 12.9. The SMILES string of the molecule is c1cnc2ccc(CNCC3CCSCC3)cc2c1. The van der Waals surface area contributed by atoms with Gasteiger partial charge in [0.15, 0.2) is 0 Å². The molecule has 0 atom stereocenters. The third kappa shape index (κ3) is 3.48. The van der Waals surface area contributed by atoms with Crippen molar-refractivity contribution < 1.29 is 0 Å². The maximum absolute atomic E-state index is 4.35. The number of aromatic nitrogens is 1. The van der Waals surface area contributed by atoms with E-state index in [1.165, 1.54) is 35.3 Å². The summed E-state index contributed by atoms with van der Waals surface area (Å²) in [6.45, 7) is 2.13. The van der Waals surface area contributed by atoms with Gasteiger partial charge in [0.2, 0.25) is 0 Å². The number of hydrogen-bond donors (Lipinski definition) is 1. The van der Waals surface area contributed by atoms with Crippen molar-refractivity contribution in [1.82, 2.24) is 10.3 Å². The second kappa shape index (κ2) is 6.40. The Morgan fingerprint density at radius 2 is 2.11 bits per heavy atom. The molecule has 1 aliphatic heterocycles. The van der Waals surface area contributed by atoms with Gasteiger partial charge in [-0.1, -0.05) is 12.1 Å². The van der Waals surface area contributed by atoms with Gasteiger partial charge in [-0.25, -0.2) is 0 Å². The van der Waals surface area contributed by atoms with Gasteiger partial charge < -0.3 is 5.32 Å². The molecule has 0 radical (unpaired) electrons. The second-order valence-corrected chi connectivity index (χ2v) is 6.44. The molecule has 0 unspecified atom stereocenters. The van der Waals surface area contributed by atoms with Crippen molar-refractivity contribution in [1.29, 1.82) is 0 Å². The smallest absolute Gasteiger partial charge is 0.0702 e. The molecule has 19 heavy (non-hydrogen) atoms. The molecule has 1 aromatic carbocycles. The molecule has 2 nitrogen and oxygen atoms in total. The first-order valence-electron chi connectivity index (χ1n) is 7.04. The standard InChI is InChI=1S/C16H20N2S/c1-2-15-10-14(3-4-16(15)18-7-1)12-17-11-13-5-8-19-9-6-13/h1-4,7,10,13,17H,5-6,8-9,11-12H2. The normalized spacial score (nSPS) is 16.8. The molecule has 3 heteroatoms. The van der Waals surface area contributed by atoms with Gasteiger partial charge in [0.25, 0.3) is 0 Å². The number of fused-ring (bicyclic) bond motifs is 1. The monoisotopic (exact) mass is 272 g/mol. The molecule has 0 bridgehead atoms. The van der Waals surface area contributed by atoms with E-state index < -0.39 is 0 Å². The van der Waals surface area contributed by atoms with Crippen molar-refractivity contribution in [2.75, 3.05) is 18.1 Å². The van der Waals surface area contributed by atoms with E-state index >= 15 is 0 Å². The van der Waals surface area contributed by atoms with Crippen LogP contribution in [-0.2, 0) is 6.54 Å². The maximum atomic E-state index is 4.35. The Morgan fingerprint density at radius 1 is 1.21 bits per heavy atom. The highest BCUT2D eigenvalue weighted by atomic mass is 32.2. The third-order valence-electron chi connectivity index (χ3n) is 3.77. The fourth-order valence-corrected chi connectivity index (χ4v) is 3.81. The van der Waals surface area contributed by atoms with Crippen LogP contribution < -0.4 is 5.32 Å². The van der Waals surface area contributed by atoms with Gasteiger partial charge in [-0.3, -0.25) is 4.98 Å². The van der Waals surface area contributed by atoms with Gasteiger partial charge in [-0.05, 0) is 60.6 Å². The summed E-state index contributed by atoms with van der Waals surface area (Å²) < 4.78 is 0. The van der Waals surface area contributed by atoms with Crippen molar-refractivity contribution in [2.45, 2.75) is 19.4 Å². The van der Waals surface area contributed by atoms with E-state index in [9.17, 15) is 0 Å². The van der Waals surface area contributed by atoms with Gasteiger partial charge in [-0.2, -0.15) is 11.8 Å². The molecule has 0 amide bonds. The zero-order valence-electron chi connectivity index (χ0n) is 11.1. The number of pyridine rings is 1. The van der Waals surface area contributed by atoms with Crippen molar-refractivity contribution >= 4 is 22.7 Å². The first-order chi connectivity index (χ1) is 9.42. The molecule has 0 aliphatic carbocycles. The van der Waals surface area contributed by atoms with Crippen LogP contribution >= 0.6 is 11.8 Å². The topological polar surface area (TPSA) is 24.9 Å². The summed E-state index contributed by atoms with van der Waals surface area (Å²) in [5, 5.41) is 4.84. The molecule has 1 aromatic heterocycles. The molecule has 1 fully saturated rings. The predicted molar refractivity (Wildman–Crippen MR) is 83.5 cm³/mol. The summed E-state index contributed by atoms with van der Waals surface area (Å²) in [4.78, 5) is 4.35. The number of hydrogen-bond acceptors (Lipinski definition) is 3. The number of rotatable bonds is 4. The average molecular weight is 272 g/mol. The van der Waals surface area contributed by atoms with E-state index in [0.29, 0.717) is 0 Å². The lowest BCUT2D eigenvalue weighted by molar-refractivity contribution is 0.448. The van der Waals surface area contributed by atoms with Crippen molar-refractivity contribution in [2.24, 2.45) is 5.92 Å². The minimum absolute atomic E-state index is 0.878. The molecule has 1 N–H and O–H groups in total. The molecule has 3 rings (SSSR count). The molecule has 100 valence electrons. The molecular weight excluding hydrogens is 252 g/mol. The van der Waals surface area contributed by atoms with Crippen molar-refractivity contribution in [3.8, 4) is 0 Å². The van der Waals surface area contributed by atoms with Crippen molar-refractivity contribution in [3.63, 3.8) is 0 Å². The lowest BCUT2D eigenvalue weighted by Crippen LogP contribution is -2.25. The minimum Gasteiger partial charge on any atom is -0.312 e. The Bertz CT molecular complexity index is 535. The summed E-state index contributed by atoms with van der Waals surface area (Å²) in [7, 11) is 0. The summed E-state index contributed by atoms with van der Waals surface area (Å²) >= 11 is 2.10. The highest BCUT2D eigenvalue weighted by Gasteiger charge is 2.12. The Hall–Kier alpha value is -1.06. The molecular formula is C16H20N2S. The number of thioether (sulfide) groups is 1. The lowest BCUT2D eigenvalue weighted by Gasteiger charge is -2.21. The van der Waals surface area contributed by atoms with Gasteiger partial charge in [-0.15, -0.1) is 0 Å². The van der Waals surface area contributed by atoms with Crippen LogP contribution in [0, 0.1) is 5.92 Å². The number of nitrogens with zero attached hydrogens (tertiary/aromatic N) is 1. The summed E-state index contributed by atoms with van der Waals surface area (Å²) in [5.41, 5.74) is 2.43. The van der Waals surface area contributed by atoms with Gasteiger partial charge >= 0.3 is 0 Å². The summed E-state index contributed by atoms with van der Waals surface area (Å²) in [5.74, 6) is 3.56. The Labute approximate surface area is 119 Å². The second-order valence-electron chi connectivity index (χ2n) is 5.22. The zero-order valence-corrected chi connectivity index (χ0v) is 12.0. The quantitative estimate of drug-likeness (QED) is 0.922. The summed E-state index contributed by atoms with van der Waals surface area (Å²) in [6, 6.07) is 10.7. The van der Waals surface area contributed by atoms with Crippen LogP contribution in [0.2, 0.25) is 0 Å². The van der Waals surface area contributed by atoms with E-state index in [2.05, 4.69) is 46.3 Å². The van der Waals surface area contributed by atoms with Crippen LogP contribution in [0.1, 0.15) is 18.4 Å². The minimum atomic E-state index is 0.878. The fourth-order valence-electron chi connectivity index (χ4n) is 2.61. The molecule has 2 heterocycles. The Kier molecular flexibility index (Phi) is 4.36. The lowest BCUT2D eigenvalue weighted by atomic mass is 10.0.